The van der Waals surface area contributed by atoms with Gasteiger partial charge in [0.15, 0.2) is 0 Å². The summed E-state index contributed by atoms with van der Waals surface area (Å²) in [7, 11) is 0. The molecule has 0 radical (unpaired) electrons. The number of hydrogen-bond donors (Lipinski definition) is 3. The van der Waals surface area contributed by atoms with Crippen molar-refractivity contribution in [1.29, 1.82) is 0 Å². The Bertz CT molecular complexity index is 800. The lowest BCUT2D eigenvalue weighted by molar-refractivity contribution is -0.268. The number of carboxylic acids is 1. The predicted molar refractivity (Wildman–Crippen MR) is 83.7 cm³/mol. The van der Waals surface area contributed by atoms with E-state index in [1.807, 2.05) is 5.43 Å². The lowest BCUT2D eigenvalue weighted by Gasteiger charge is -2.05. The first-order valence-electron chi connectivity index (χ1n) is 6.70. The quantitative estimate of drug-likeness (QED) is 0.429. The molecule has 2 aromatic rings. The van der Waals surface area contributed by atoms with Gasteiger partial charge in [-0.2, -0.15) is 5.10 Å². The molecule has 3 N–H and O–H groups in total. The number of amides is 2. The Balaban J connectivity index is 1.92. The Morgan fingerprint density at radius 1 is 1.04 bits per heavy atom. The number of carbonyl (C=O) groups excluding carboxylic acids is 2. The van der Waals surface area contributed by atoms with E-state index in [0.717, 1.165) is 0 Å². The van der Waals surface area contributed by atoms with Crippen molar-refractivity contribution in [1.82, 2.24) is 5.43 Å². The Labute approximate surface area is 136 Å². The van der Waals surface area contributed by atoms with Crippen LogP contribution in [0.1, 0.15) is 15.9 Å². The van der Waals surface area contributed by atoms with Crippen molar-refractivity contribution in [2.24, 2.45) is 5.10 Å². The molecule has 2 aromatic carbocycles. The molecule has 0 aliphatic carbocycles. The summed E-state index contributed by atoms with van der Waals surface area (Å²) >= 11 is 0. The molecule has 122 valence electrons. The summed E-state index contributed by atoms with van der Waals surface area (Å²) in [4.78, 5) is 34.1. The van der Waals surface area contributed by atoms with E-state index in [2.05, 4.69) is 10.4 Å². The average Bonchev–Trinajstić information content (AvgIpc) is 2.56. The topological polar surface area (TPSA) is 131 Å². The molecule has 0 bridgehead atoms. The third-order valence-corrected chi connectivity index (χ3v) is 2.83. The SMILES string of the molecule is O=C(N/N=C/c1ccc([O-])cc1)C(=O)Nc1cccc(C(=O)O)c1. The van der Waals surface area contributed by atoms with Crippen molar-refractivity contribution >= 4 is 29.7 Å². The maximum absolute atomic E-state index is 11.7. The second-order valence-electron chi connectivity index (χ2n) is 4.61. The standard InChI is InChI=1S/C16H13N3O5/c20-13-6-4-10(5-7-13)9-17-19-15(22)14(21)18-12-3-1-2-11(8-12)16(23)24/h1-9,20H,(H,18,21)(H,19,22)(H,23,24)/p-1/b17-9+. The van der Waals surface area contributed by atoms with Gasteiger partial charge in [-0.15, -0.1) is 5.75 Å². The maximum Gasteiger partial charge on any atom is 0.335 e. The number of nitrogens with one attached hydrogen (secondary N) is 2. The third-order valence-electron chi connectivity index (χ3n) is 2.83. The highest BCUT2D eigenvalue weighted by Gasteiger charge is 2.13. The van der Waals surface area contributed by atoms with E-state index in [0.29, 0.717) is 5.56 Å². The Morgan fingerprint density at radius 3 is 2.42 bits per heavy atom. The molecule has 0 atom stereocenters. The lowest BCUT2D eigenvalue weighted by Crippen LogP contribution is -2.32. The number of hydrogen-bond acceptors (Lipinski definition) is 5. The van der Waals surface area contributed by atoms with E-state index in [1.54, 1.807) is 0 Å². The van der Waals surface area contributed by atoms with Crippen LogP contribution in [0.5, 0.6) is 5.75 Å². The third kappa shape index (κ3) is 4.67. The fourth-order valence-corrected chi connectivity index (χ4v) is 1.69. The fourth-order valence-electron chi connectivity index (χ4n) is 1.69. The molecule has 0 saturated carbocycles. The highest BCUT2D eigenvalue weighted by molar-refractivity contribution is 6.39. The first kappa shape index (κ1) is 16.7. The van der Waals surface area contributed by atoms with Crippen LogP contribution in [0.3, 0.4) is 0 Å². The van der Waals surface area contributed by atoms with Crippen LogP contribution in [0.2, 0.25) is 0 Å². The van der Waals surface area contributed by atoms with Crippen LogP contribution in [-0.4, -0.2) is 29.1 Å². The lowest BCUT2D eigenvalue weighted by atomic mass is 10.2. The van der Waals surface area contributed by atoms with Gasteiger partial charge >= 0.3 is 17.8 Å². The first-order chi connectivity index (χ1) is 11.5. The average molecular weight is 326 g/mol. The van der Waals surface area contributed by atoms with Crippen LogP contribution in [0.15, 0.2) is 53.6 Å². The molecule has 0 heterocycles. The molecule has 0 spiro atoms. The number of rotatable bonds is 4. The number of aromatic carboxylic acids is 1. The van der Waals surface area contributed by atoms with Gasteiger partial charge in [0.25, 0.3) is 0 Å². The summed E-state index contributed by atoms with van der Waals surface area (Å²) in [5.74, 6) is -3.32. The van der Waals surface area contributed by atoms with Gasteiger partial charge in [-0.05, 0) is 23.8 Å². The summed E-state index contributed by atoms with van der Waals surface area (Å²) in [5, 5.41) is 25.7. The second kappa shape index (κ2) is 7.54. The molecule has 0 fully saturated rings. The number of carboxylic acid groups (broad SMARTS) is 1. The molecule has 24 heavy (non-hydrogen) atoms. The van der Waals surface area contributed by atoms with Crippen LogP contribution in [0, 0.1) is 0 Å². The maximum atomic E-state index is 11.7. The molecular formula is C16H12N3O5-. The van der Waals surface area contributed by atoms with E-state index in [4.69, 9.17) is 5.11 Å². The molecule has 8 nitrogen and oxygen atoms in total. The summed E-state index contributed by atoms with van der Waals surface area (Å²) in [6, 6.07) is 11.2. The van der Waals surface area contributed by atoms with E-state index >= 15 is 0 Å². The highest BCUT2D eigenvalue weighted by Crippen LogP contribution is 2.10. The van der Waals surface area contributed by atoms with E-state index in [9.17, 15) is 19.5 Å². The monoisotopic (exact) mass is 326 g/mol. The smallest absolute Gasteiger partial charge is 0.335 e. The molecule has 0 unspecified atom stereocenters. The molecular weight excluding hydrogens is 314 g/mol. The van der Waals surface area contributed by atoms with Crippen molar-refractivity contribution < 1.29 is 24.6 Å². The van der Waals surface area contributed by atoms with Crippen LogP contribution >= 0.6 is 0 Å². The molecule has 0 aliphatic heterocycles. The van der Waals surface area contributed by atoms with Gasteiger partial charge in [-0.1, -0.05) is 30.3 Å². The molecule has 2 rings (SSSR count). The number of anilines is 1. The van der Waals surface area contributed by atoms with Gasteiger partial charge in [-0.3, -0.25) is 9.59 Å². The van der Waals surface area contributed by atoms with Crippen LogP contribution in [-0.2, 0) is 9.59 Å². The fraction of sp³-hybridized carbons (Fsp3) is 0. The summed E-state index contributed by atoms with van der Waals surface area (Å²) in [6.45, 7) is 0. The van der Waals surface area contributed by atoms with E-state index in [-0.39, 0.29) is 17.0 Å². The van der Waals surface area contributed by atoms with E-state index in [1.165, 1.54) is 54.7 Å². The van der Waals surface area contributed by atoms with Gasteiger partial charge in [0.05, 0.1) is 11.8 Å². The molecule has 0 saturated heterocycles. The number of benzene rings is 2. The second-order valence-corrected chi connectivity index (χ2v) is 4.61. The van der Waals surface area contributed by atoms with Gasteiger partial charge in [0.2, 0.25) is 0 Å². The minimum Gasteiger partial charge on any atom is -0.872 e. The molecule has 2 amide bonds. The minimum absolute atomic E-state index is 0.0203. The van der Waals surface area contributed by atoms with Crippen molar-refractivity contribution in [3.05, 3.63) is 59.7 Å². The zero-order chi connectivity index (χ0) is 17.5. The summed E-state index contributed by atoms with van der Waals surface area (Å²) < 4.78 is 0. The predicted octanol–water partition coefficient (Wildman–Crippen LogP) is 0.547. The van der Waals surface area contributed by atoms with Gasteiger partial charge in [0, 0.05) is 5.69 Å². The number of carbonyl (C=O) groups is 3. The van der Waals surface area contributed by atoms with Crippen molar-refractivity contribution in [2.45, 2.75) is 0 Å². The first-order valence-corrected chi connectivity index (χ1v) is 6.70. The van der Waals surface area contributed by atoms with Crippen molar-refractivity contribution in [3.63, 3.8) is 0 Å². The van der Waals surface area contributed by atoms with Crippen molar-refractivity contribution in [2.75, 3.05) is 5.32 Å². The zero-order valence-corrected chi connectivity index (χ0v) is 12.2. The van der Waals surface area contributed by atoms with Gasteiger partial charge in [-0.25, -0.2) is 10.2 Å². The van der Waals surface area contributed by atoms with Gasteiger partial charge in [0.1, 0.15) is 0 Å². The van der Waals surface area contributed by atoms with Crippen LogP contribution < -0.4 is 15.8 Å². The van der Waals surface area contributed by atoms with Gasteiger partial charge < -0.3 is 15.5 Å². The molecule has 8 heteroatoms. The number of nitrogens with zero attached hydrogens (tertiary/aromatic N) is 1. The van der Waals surface area contributed by atoms with Crippen LogP contribution in [0.4, 0.5) is 5.69 Å². The Kier molecular flexibility index (Phi) is 5.24. The summed E-state index contributed by atoms with van der Waals surface area (Å²) in [5.41, 5.74) is 2.75. The normalized spacial score (nSPS) is 10.3. The molecule has 0 aliphatic rings. The highest BCUT2D eigenvalue weighted by atomic mass is 16.4. The summed E-state index contributed by atoms with van der Waals surface area (Å²) in [6.07, 6.45) is 1.27. The van der Waals surface area contributed by atoms with E-state index < -0.39 is 17.8 Å². The Hall–Kier alpha value is -3.68. The largest absolute Gasteiger partial charge is 0.872 e. The van der Waals surface area contributed by atoms with Crippen molar-refractivity contribution in [3.8, 4) is 5.75 Å². The zero-order valence-electron chi connectivity index (χ0n) is 12.2. The Morgan fingerprint density at radius 2 is 1.75 bits per heavy atom. The minimum atomic E-state index is -1.15. The molecule has 0 aromatic heterocycles. The number of hydrazone groups is 1. The van der Waals surface area contributed by atoms with Crippen LogP contribution in [0.25, 0.3) is 0 Å².